The zero-order valence-electron chi connectivity index (χ0n) is 19.5. The lowest BCUT2D eigenvalue weighted by Crippen LogP contribution is -2.67. The number of ether oxygens (including phenoxy) is 2. The molecule has 0 aromatic carbocycles. The zero-order chi connectivity index (χ0) is 22.8. The number of hydrogen-bond acceptors (Lipinski definition) is 7. The summed E-state index contributed by atoms with van der Waals surface area (Å²) in [4.78, 5) is 11.1. The van der Waals surface area contributed by atoms with Crippen LogP contribution >= 0.6 is 0 Å². The summed E-state index contributed by atoms with van der Waals surface area (Å²) in [5.74, 6) is 3.49. The Morgan fingerprint density at radius 1 is 1.12 bits per heavy atom. The largest absolute Gasteiger partial charge is 0.379 e. The standard InChI is InChI=1S/C24H42N4O4/c1-3-17-9-8-10-18(13-17)27-24-19-14-22(21(31-2)15-20(19)25-16-26-24)32-12-7-5-4-6-11-23(29)28-30/h1,17-22,24-27,30H,4-16H2,2H3,(H,28,29). The minimum atomic E-state index is -0.318. The van der Waals surface area contributed by atoms with Gasteiger partial charge in [0.15, 0.2) is 0 Å². The van der Waals surface area contributed by atoms with Gasteiger partial charge in [-0.3, -0.25) is 20.6 Å². The van der Waals surface area contributed by atoms with E-state index in [1.807, 2.05) is 0 Å². The molecule has 0 radical (unpaired) electrons. The lowest BCUT2D eigenvalue weighted by atomic mass is 9.77. The molecule has 1 saturated heterocycles. The van der Waals surface area contributed by atoms with E-state index in [0.29, 0.717) is 36.9 Å². The van der Waals surface area contributed by atoms with Crippen LogP contribution in [0.2, 0.25) is 0 Å². The SMILES string of the molecule is C#CC1CCCC(NC2NCNC3CC(OC)C(OCCCCCCC(=O)NO)CC32)C1. The van der Waals surface area contributed by atoms with Crippen molar-refractivity contribution in [1.82, 2.24) is 21.4 Å². The van der Waals surface area contributed by atoms with E-state index in [-0.39, 0.29) is 24.3 Å². The van der Waals surface area contributed by atoms with Crippen molar-refractivity contribution in [3.05, 3.63) is 0 Å². The summed E-state index contributed by atoms with van der Waals surface area (Å²) in [7, 11) is 1.78. The van der Waals surface area contributed by atoms with Crippen LogP contribution in [-0.4, -0.2) is 62.0 Å². The Hall–Kier alpha value is -1.21. The van der Waals surface area contributed by atoms with E-state index in [9.17, 15) is 4.79 Å². The Morgan fingerprint density at radius 3 is 2.75 bits per heavy atom. The van der Waals surface area contributed by atoms with Gasteiger partial charge in [0.05, 0.1) is 18.4 Å². The van der Waals surface area contributed by atoms with Crippen LogP contribution in [0.1, 0.15) is 70.6 Å². The molecular formula is C24H42N4O4. The summed E-state index contributed by atoms with van der Waals surface area (Å²) >= 11 is 0. The lowest BCUT2D eigenvalue weighted by molar-refractivity contribution is -0.129. The number of fused-ring (bicyclic) bond motifs is 1. The second-order valence-electron chi connectivity index (χ2n) is 9.58. The van der Waals surface area contributed by atoms with Crippen LogP contribution in [0.5, 0.6) is 0 Å². The molecule has 8 heteroatoms. The van der Waals surface area contributed by atoms with Crippen LogP contribution in [-0.2, 0) is 14.3 Å². The van der Waals surface area contributed by atoms with E-state index < -0.39 is 0 Å². The minimum absolute atomic E-state index is 0.0947. The monoisotopic (exact) mass is 450 g/mol. The Bertz CT molecular complexity index is 613. The van der Waals surface area contributed by atoms with E-state index in [0.717, 1.165) is 58.0 Å². The molecule has 0 aromatic heterocycles. The number of unbranched alkanes of at least 4 members (excludes halogenated alkanes) is 3. The summed E-state index contributed by atoms with van der Waals surface area (Å²) in [6.07, 6.45) is 16.8. The number of rotatable bonds is 11. The summed E-state index contributed by atoms with van der Waals surface area (Å²) in [6.45, 7) is 1.51. The maximum Gasteiger partial charge on any atom is 0.243 e. The van der Waals surface area contributed by atoms with Crippen molar-refractivity contribution in [3.8, 4) is 12.3 Å². The number of amides is 1. The molecule has 182 valence electrons. The van der Waals surface area contributed by atoms with Gasteiger partial charge in [0, 0.05) is 50.7 Å². The van der Waals surface area contributed by atoms with E-state index in [1.165, 1.54) is 12.8 Å². The van der Waals surface area contributed by atoms with Crippen LogP contribution < -0.4 is 21.4 Å². The van der Waals surface area contributed by atoms with Crippen molar-refractivity contribution in [2.24, 2.45) is 11.8 Å². The van der Waals surface area contributed by atoms with E-state index in [1.54, 1.807) is 12.6 Å². The van der Waals surface area contributed by atoms with Crippen molar-refractivity contribution in [2.75, 3.05) is 20.4 Å². The van der Waals surface area contributed by atoms with Gasteiger partial charge < -0.3 is 14.8 Å². The molecule has 1 aliphatic heterocycles. The molecule has 3 fully saturated rings. The highest BCUT2D eigenvalue weighted by molar-refractivity contribution is 5.74. The first kappa shape index (κ1) is 25.4. The number of methoxy groups -OCH3 is 1. The fourth-order valence-electron chi connectivity index (χ4n) is 5.60. The summed E-state index contributed by atoms with van der Waals surface area (Å²) in [5.41, 5.74) is 1.68. The van der Waals surface area contributed by atoms with Gasteiger partial charge >= 0.3 is 0 Å². The molecule has 0 spiro atoms. The van der Waals surface area contributed by atoms with Gasteiger partial charge in [-0.05, 0) is 44.9 Å². The third-order valence-corrected chi connectivity index (χ3v) is 7.42. The second kappa shape index (κ2) is 13.5. The number of carbonyl (C=O) groups is 1. The fraction of sp³-hybridized carbons (Fsp3) is 0.875. The Balaban J connectivity index is 1.45. The maximum absolute atomic E-state index is 11.1. The molecule has 3 rings (SSSR count). The van der Waals surface area contributed by atoms with E-state index in [2.05, 4.69) is 21.9 Å². The van der Waals surface area contributed by atoms with Gasteiger partial charge in [-0.15, -0.1) is 12.3 Å². The normalized spacial score (nSPS) is 35.0. The second-order valence-corrected chi connectivity index (χ2v) is 9.58. The molecule has 2 aliphatic carbocycles. The Kier molecular flexibility index (Phi) is 10.7. The first-order valence-corrected chi connectivity index (χ1v) is 12.4. The fourth-order valence-corrected chi connectivity index (χ4v) is 5.60. The molecule has 2 saturated carbocycles. The third-order valence-electron chi connectivity index (χ3n) is 7.42. The maximum atomic E-state index is 11.1. The van der Waals surface area contributed by atoms with Crippen molar-refractivity contribution < 1.29 is 19.5 Å². The molecule has 7 unspecified atom stereocenters. The highest BCUT2D eigenvalue weighted by atomic mass is 16.5. The van der Waals surface area contributed by atoms with Crippen molar-refractivity contribution >= 4 is 5.91 Å². The van der Waals surface area contributed by atoms with Crippen LogP contribution in [0.15, 0.2) is 0 Å². The average molecular weight is 451 g/mol. The summed E-state index contributed by atoms with van der Waals surface area (Å²) in [6, 6.07) is 0.900. The predicted octanol–water partition coefficient (Wildman–Crippen LogP) is 1.88. The van der Waals surface area contributed by atoms with Crippen LogP contribution in [0.25, 0.3) is 0 Å². The first-order valence-electron chi connectivity index (χ1n) is 12.4. The molecule has 0 aromatic rings. The van der Waals surface area contributed by atoms with Crippen molar-refractivity contribution in [1.29, 1.82) is 0 Å². The number of terminal acetylenes is 1. The quantitative estimate of drug-likeness (QED) is 0.142. The molecule has 1 heterocycles. The summed E-state index contributed by atoms with van der Waals surface area (Å²) < 4.78 is 12.1. The van der Waals surface area contributed by atoms with E-state index >= 15 is 0 Å². The number of hydroxylamine groups is 1. The molecule has 1 amide bonds. The average Bonchev–Trinajstić information content (AvgIpc) is 2.83. The molecular weight excluding hydrogens is 408 g/mol. The number of hydrogen-bond donors (Lipinski definition) is 5. The Labute approximate surface area is 192 Å². The highest BCUT2D eigenvalue weighted by Gasteiger charge is 2.43. The first-order chi connectivity index (χ1) is 15.6. The van der Waals surface area contributed by atoms with Gasteiger partial charge in [-0.25, -0.2) is 5.48 Å². The van der Waals surface area contributed by atoms with Crippen LogP contribution in [0.4, 0.5) is 0 Å². The highest BCUT2D eigenvalue weighted by Crippen LogP contribution is 2.33. The zero-order valence-corrected chi connectivity index (χ0v) is 19.5. The van der Waals surface area contributed by atoms with Crippen LogP contribution in [0.3, 0.4) is 0 Å². The van der Waals surface area contributed by atoms with Crippen LogP contribution in [0, 0.1) is 24.2 Å². The van der Waals surface area contributed by atoms with Gasteiger partial charge in [0.25, 0.3) is 0 Å². The van der Waals surface area contributed by atoms with E-state index in [4.69, 9.17) is 21.1 Å². The van der Waals surface area contributed by atoms with Gasteiger partial charge in [0.1, 0.15) is 0 Å². The molecule has 8 nitrogen and oxygen atoms in total. The molecule has 5 N–H and O–H groups in total. The van der Waals surface area contributed by atoms with Crippen molar-refractivity contribution in [2.45, 2.75) is 101 Å². The molecule has 0 bridgehead atoms. The topological polar surface area (TPSA) is 104 Å². The van der Waals surface area contributed by atoms with Gasteiger partial charge in [-0.2, -0.15) is 0 Å². The minimum Gasteiger partial charge on any atom is -0.379 e. The number of carbonyl (C=O) groups excluding carboxylic acids is 1. The smallest absolute Gasteiger partial charge is 0.243 e. The van der Waals surface area contributed by atoms with Gasteiger partial charge in [0.2, 0.25) is 5.91 Å². The summed E-state index contributed by atoms with van der Waals surface area (Å²) in [5, 5.41) is 19.7. The predicted molar refractivity (Wildman–Crippen MR) is 123 cm³/mol. The Morgan fingerprint density at radius 2 is 1.97 bits per heavy atom. The van der Waals surface area contributed by atoms with Gasteiger partial charge in [-0.1, -0.05) is 19.3 Å². The van der Waals surface area contributed by atoms with Crippen molar-refractivity contribution in [3.63, 3.8) is 0 Å². The lowest BCUT2D eigenvalue weighted by Gasteiger charge is -2.48. The molecule has 3 aliphatic rings. The molecule has 7 atom stereocenters. The number of nitrogens with one attached hydrogen (secondary N) is 4. The third kappa shape index (κ3) is 7.41. The molecule has 32 heavy (non-hydrogen) atoms.